The number of carboxylic acids is 1. The van der Waals surface area contributed by atoms with Gasteiger partial charge in [0.05, 0.1) is 24.3 Å². The second-order valence-electron chi connectivity index (χ2n) is 8.92. The Morgan fingerprint density at radius 2 is 1.78 bits per heavy atom. The SMILES string of the molecule is O=C(O)C1(c2ccc(N=C3CC(c4ccccc4)=NC(N4CCOCC4)C3)cc2)CCC1. The first kappa shape index (κ1) is 21.0. The van der Waals surface area contributed by atoms with Gasteiger partial charge in [-0.05, 0) is 36.1 Å². The molecule has 0 aromatic heterocycles. The van der Waals surface area contributed by atoms with Gasteiger partial charge < -0.3 is 9.84 Å². The van der Waals surface area contributed by atoms with E-state index in [1.807, 2.05) is 42.5 Å². The Morgan fingerprint density at radius 1 is 1.06 bits per heavy atom. The number of aliphatic imine (C=N–C) groups is 2. The molecule has 2 aromatic rings. The van der Waals surface area contributed by atoms with Crippen molar-refractivity contribution >= 4 is 23.1 Å². The third-order valence-corrected chi connectivity index (χ3v) is 6.99. The second kappa shape index (κ2) is 8.96. The molecule has 3 aliphatic rings. The minimum absolute atomic E-state index is 0.0751. The summed E-state index contributed by atoms with van der Waals surface area (Å²) in [6.07, 6.45) is 4.01. The number of ether oxygens (including phenoxy) is 1. The lowest BCUT2D eigenvalue weighted by molar-refractivity contribution is -0.147. The number of rotatable bonds is 5. The van der Waals surface area contributed by atoms with E-state index < -0.39 is 11.4 Å². The number of carboxylic acid groups (broad SMARTS) is 1. The van der Waals surface area contributed by atoms with Crippen molar-refractivity contribution in [2.45, 2.75) is 43.7 Å². The highest BCUT2D eigenvalue weighted by Crippen LogP contribution is 2.44. The lowest BCUT2D eigenvalue weighted by Crippen LogP contribution is -2.45. The molecule has 2 heterocycles. The van der Waals surface area contributed by atoms with Crippen LogP contribution in [0, 0.1) is 0 Å². The highest BCUT2D eigenvalue weighted by molar-refractivity contribution is 6.14. The van der Waals surface area contributed by atoms with Crippen LogP contribution in [0.5, 0.6) is 0 Å². The summed E-state index contributed by atoms with van der Waals surface area (Å²) in [5.41, 5.74) is 4.38. The molecule has 6 nitrogen and oxygen atoms in total. The van der Waals surface area contributed by atoms with E-state index in [4.69, 9.17) is 14.7 Å². The summed E-state index contributed by atoms with van der Waals surface area (Å²) in [5, 5.41) is 9.70. The molecule has 0 spiro atoms. The van der Waals surface area contributed by atoms with Crippen LogP contribution >= 0.6 is 0 Å². The molecule has 0 radical (unpaired) electrons. The summed E-state index contributed by atoms with van der Waals surface area (Å²) in [4.78, 5) is 24.3. The predicted molar refractivity (Wildman–Crippen MR) is 125 cm³/mol. The van der Waals surface area contributed by atoms with Crippen LogP contribution in [0.25, 0.3) is 0 Å². The van der Waals surface area contributed by atoms with Gasteiger partial charge in [0.1, 0.15) is 6.17 Å². The van der Waals surface area contributed by atoms with Crippen molar-refractivity contribution in [1.82, 2.24) is 4.90 Å². The average molecular weight is 432 g/mol. The zero-order chi connectivity index (χ0) is 22.0. The first-order valence-electron chi connectivity index (χ1n) is 11.5. The van der Waals surface area contributed by atoms with E-state index in [9.17, 15) is 9.90 Å². The van der Waals surface area contributed by atoms with Gasteiger partial charge in [-0.1, -0.05) is 48.9 Å². The van der Waals surface area contributed by atoms with Crippen molar-refractivity contribution in [2.75, 3.05) is 26.3 Å². The van der Waals surface area contributed by atoms with Crippen molar-refractivity contribution in [3.8, 4) is 0 Å². The average Bonchev–Trinajstić information content (AvgIpc) is 2.80. The maximum atomic E-state index is 11.8. The minimum Gasteiger partial charge on any atom is -0.481 e. The predicted octanol–water partition coefficient (Wildman–Crippen LogP) is 4.21. The standard InChI is InChI=1S/C26H29N3O3/c30-25(31)26(11-4-12-26)20-7-9-21(10-8-20)27-22-17-23(19-5-2-1-3-6-19)28-24(18-22)29-13-15-32-16-14-29/h1-3,5-10,24H,4,11-18H2,(H,30,31). The Balaban J connectivity index is 1.41. The molecular formula is C26H29N3O3. The Bertz CT molecular complexity index is 1020. The maximum absolute atomic E-state index is 11.8. The van der Waals surface area contributed by atoms with Crippen LogP contribution in [-0.4, -0.2) is 59.9 Å². The normalized spacial score (nSPS) is 24.6. The van der Waals surface area contributed by atoms with Crippen LogP contribution in [0.1, 0.15) is 43.2 Å². The number of aliphatic carboxylic acids is 1. The first-order chi connectivity index (χ1) is 15.6. The fourth-order valence-electron chi connectivity index (χ4n) is 4.92. The Morgan fingerprint density at radius 3 is 2.41 bits per heavy atom. The fraction of sp³-hybridized carbons (Fsp3) is 0.423. The van der Waals surface area contributed by atoms with Crippen LogP contribution in [0.3, 0.4) is 0 Å². The van der Waals surface area contributed by atoms with Crippen molar-refractivity contribution in [2.24, 2.45) is 9.98 Å². The maximum Gasteiger partial charge on any atom is 0.314 e. The highest BCUT2D eigenvalue weighted by atomic mass is 16.5. The summed E-state index contributed by atoms with van der Waals surface area (Å²) in [7, 11) is 0. The molecule has 6 heteroatoms. The van der Waals surface area contributed by atoms with Gasteiger partial charge in [-0.15, -0.1) is 0 Å². The molecule has 2 aliphatic heterocycles. The summed E-state index contributed by atoms with van der Waals surface area (Å²) >= 11 is 0. The van der Waals surface area contributed by atoms with Gasteiger partial charge in [-0.3, -0.25) is 19.7 Å². The molecule has 0 amide bonds. The zero-order valence-corrected chi connectivity index (χ0v) is 18.2. The van der Waals surface area contributed by atoms with E-state index in [-0.39, 0.29) is 6.17 Å². The van der Waals surface area contributed by atoms with Crippen molar-refractivity contribution < 1.29 is 14.6 Å². The smallest absolute Gasteiger partial charge is 0.314 e. The van der Waals surface area contributed by atoms with E-state index in [1.165, 1.54) is 0 Å². The Kier molecular flexibility index (Phi) is 5.89. The lowest BCUT2D eigenvalue weighted by atomic mass is 9.64. The van der Waals surface area contributed by atoms with E-state index in [1.54, 1.807) is 0 Å². The molecule has 32 heavy (non-hydrogen) atoms. The molecule has 2 fully saturated rings. The van der Waals surface area contributed by atoms with Gasteiger partial charge in [0.15, 0.2) is 0 Å². The van der Waals surface area contributed by atoms with Crippen molar-refractivity contribution in [1.29, 1.82) is 0 Å². The van der Waals surface area contributed by atoms with E-state index in [0.29, 0.717) is 12.8 Å². The number of hydrogen-bond acceptors (Lipinski definition) is 5. The number of carbonyl (C=O) groups is 1. The minimum atomic E-state index is -0.716. The van der Waals surface area contributed by atoms with E-state index in [2.05, 4.69) is 17.0 Å². The van der Waals surface area contributed by atoms with Gasteiger partial charge in [-0.25, -0.2) is 0 Å². The zero-order valence-electron chi connectivity index (χ0n) is 18.2. The number of nitrogens with zero attached hydrogens (tertiary/aromatic N) is 3. The first-order valence-corrected chi connectivity index (χ1v) is 11.5. The van der Waals surface area contributed by atoms with Gasteiger partial charge in [0.25, 0.3) is 0 Å². The van der Waals surface area contributed by atoms with Crippen LogP contribution in [0.15, 0.2) is 64.6 Å². The molecule has 2 aromatic carbocycles. The number of benzene rings is 2. The molecule has 1 N–H and O–H groups in total. The molecule has 1 aliphatic carbocycles. The van der Waals surface area contributed by atoms with Crippen LogP contribution < -0.4 is 0 Å². The van der Waals surface area contributed by atoms with Gasteiger partial charge in [0, 0.05) is 37.4 Å². The monoisotopic (exact) mass is 431 g/mol. The molecule has 166 valence electrons. The molecule has 1 saturated heterocycles. The highest BCUT2D eigenvalue weighted by Gasteiger charge is 2.45. The summed E-state index contributed by atoms with van der Waals surface area (Å²) in [6, 6.07) is 18.1. The topological polar surface area (TPSA) is 74.5 Å². The second-order valence-corrected chi connectivity index (χ2v) is 8.92. The third-order valence-electron chi connectivity index (χ3n) is 6.99. The molecule has 1 unspecified atom stereocenters. The van der Waals surface area contributed by atoms with Crippen LogP contribution in [-0.2, 0) is 14.9 Å². The Hall–Kier alpha value is -2.83. The summed E-state index contributed by atoms with van der Waals surface area (Å²) in [5.74, 6) is -0.716. The van der Waals surface area contributed by atoms with Gasteiger partial charge in [0.2, 0.25) is 0 Å². The molecule has 1 saturated carbocycles. The van der Waals surface area contributed by atoms with Crippen molar-refractivity contribution in [3.63, 3.8) is 0 Å². The number of morpholine rings is 1. The largest absolute Gasteiger partial charge is 0.481 e. The molecule has 0 bridgehead atoms. The summed E-state index contributed by atoms with van der Waals surface area (Å²) in [6.45, 7) is 3.25. The molecule has 1 atom stereocenters. The third kappa shape index (κ3) is 4.12. The van der Waals surface area contributed by atoms with Crippen LogP contribution in [0.2, 0.25) is 0 Å². The molecular weight excluding hydrogens is 402 g/mol. The Labute approximate surface area is 188 Å². The summed E-state index contributed by atoms with van der Waals surface area (Å²) < 4.78 is 5.53. The van der Waals surface area contributed by atoms with E-state index >= 15 is 0 Å². The van der Waals surface area contributed by atoms with Crippen molar-refractivity contribution in [3.05, 3.63) is 65.7 Å². The van der Waals surface area contributed by atoms with Gasteiger partial charge >= 0.3 is 5.97 Å². The van der Waals surface area contributed by atoms with E-state index in [0.717, 1.165) is 73.8 Å². The number of hydrogen-bond donors (Lipinski definition) is 1. The molecule has 5 rings (SSSR count). The van der Waals surface area contributed by atoms with Gasteiger partial charge in [-0.2, -0.15) is 0 Å². The fourth-order valence-corrected chi connectivity index (χ4v) is 4.92. The quantitative estimate of drug-likeness (QED) is 0.770. The van der Waals surface area contributed by atoms with Crippen LogP contribution in [0.4, 0.5) is 5.69 Å². The lowest BCUT2D eigenvalue weighted by Gasteiger charge is -2.38.